The third-order valence-electron chi connectivity index (χ3n) is 8.44. The van der Waals surface area contributed by atoms with Crippen LogP contribution in [0.15, 0.2) is 122 Å². The van der Waals surface area contributed by atoms with E-state index in [-0.39, 0.29) is 17.1 Å². The molecule has 0 fully saturated rings. The number of hydrogen-bond donors (Lipinski definition) is 2. The minimum absolute atomic E-state index is 0. The topological polar surface area (TPSA) is 109 Å². The Morgan fingerprint density at radius 2 is 0.592 bits per heavy atom. The monoisotopic (exact) mass is 673 g/mol. The maximum Gasteiger partial charge on any atom is 0.0753 e. The van der Waals surface area contributed by atoms with Gasteiger partial charge in [-0.25, -0.2) is 9.97 Å². The molecule has 9 heteroatoms. The molecular weight excluding hydrogens is 647 g/mol. The van der Waals surface area contributed by atoms with Gasteiger partial charge in [0.25, 0.3) is 0 Å². The summed E-state index contributed by atoms with van der Waals surface area (Å²) < 4.78 is 0. The Kier molecular flexibility index (Phi) is 7.81. The van der Waals surface area contributed by atoms with E-state index in [2.05, 4.69) is 34.2 Å². The number of aromatic amines is 2. The molecular formula is C40H26MnN8. The van der Waals surface area contributed by atoms with Gasteiger partial charge in [-0.05, 0) is 97.1 Å². The smallest absolute Gasteiger partial charge is 0.0753 e. The van der Waals surface area contributed by atoms with Crippen LogP contribution in [-0.2, 0) is 17.1 Å². The standard InChI is InChI=1S/C40H26N8.Mn/c1-5-21-41-25(9-1)37-29-13-15-31(45-29)38(26-10-2-6-22-42-26)33-17-19-35(47-33)40(28-12-4-8-24-44-28)36-20-18-34(48-36)39(27-11-3-7-23-43-27)32-16-14-30(37)46-32;/h1-24,45,48H;. The van der Waals surface area contributed by atoms with Crippen molar-refractivity contribution in [2.45, 2.75) is 0 Å². The fourth-order valence-corrected chi connectivity index (χ4v) is 6.33. The number of aromatic nitrogens is 8. The zero-order chi connectivity index (χ0) is 31.9. The molecule has 49 heavy (non-hydrogen) atoms. The molecule has 0 saturated heterocycles. The number of rotatable bonds is 4. The molecule has 0 saturated carbocycles. The predicted molar refractivity (Wildman–Crippen MR) is 192 cm³/mol. The van der Waals surface area contributed by atoms with Crippen molar-refractivity contribution >= 4 is 46.4 Å². The molecule has 0 amide bonds. The first-order valence-electron chi connectivity index (χ1n) is 15.6. The predicted octanol–water partition coefficient (Wildman–Crippen LogP) is 8.90. The van der Waals surface area contributed by atoms with E-state index in [1.54, 1.807) is 24.8 Å². The molecule has 8 nitrogen and oxygen atoms in total. The van der Waals surface area contributed by atoms with E-state index in [0.717, 1.165) is 89.9 Å². The molecule has 7 aromatic rings. The van der Waals surface area contributed by atoms with Crippen molar-refractivity contribution in [3.05, 3.63) is 145 Å². The first-order valence-corrected chi connectivity index (χ1v) is 15.6. The van der Waals surface area contributed by atoms with Crippen LogP contribution in [-0.4, -0.2) is 39.9 Å². The second-order valence-corrected chi connectivity index (χ2v) is 11.4. The minimum Gasteiger partial charge on any atom is -0.354 e. The van der Waals surface area contributed by atoms with Crippen LogP contribution in [0.2, 0.25) is 0 Å². The van der Waals surface area contributed by atoms with Crippen molar-refractivity contribution < 1.29 is 17.1 Å². The maximum absolute atomic E-state index is 5.24. The molecule has 9 rings (SSSR count). The van der Waals surface area contributed by atoms with Crippen molar-refractivity contribution in [2.75, 3.05) is 0 Å². The van der Waals surface area contributed by atoms with Gasteiger partial charge in [-0.2, -0.15) is 0 Å². The molecule has 7 aromatic heterocycles. The SMILES string of the molecule is C1=Cc2nc1c(-c1ccccn1)c1ccc([nH]1)c(-c1ccccn1)c1nc(c(-c3ccccn3)c3ccc([nH]3)c2-c2ccccn2)C=C1.[Mn]. The molecule has 2 N–H and O–H groups in total. The summed E-state index contributed by atoms with van der Waals surface area (Å²) in [6.45, 7) is 0. The van der Waals surface area contributed by atoms with Crippen LogP contribution in [0.1, 0.15) is 22.8 Å². The Morgan fingerprint density at radius 1 is 0.327 bits per heavy atom. The average molecular weight is 674 g/mol. The average Bonchev–Trinajstić information content (AvgIpc) is 3.98. The Hall–Kier alpha value is -6.28. The molecule has 2 aliphatic heterocycles. The molecule has 0 spiro atoms. The molecule has 0 unspecified atom stereocenters. The zero-order valence-corrected chi connectivity index (χ0v) is 27.1. The fraction of sp³-hybridized carbons (Fsp3) is 0. The summed E-state index contributed by atoms with van der Waals surface area (Å²) in [5.74, 6) is 0. The normalized spacial score (nSPS) is 11.8. The summed E-state index contributed by atoms with van der Waals surface area (Å²) >= 11 is 0. The Balaban J connectivity index is 0.00000348. The van der Waals surface area contributed by atoms with Crippen LogP contribution in [0.3, 0.4) is 0 Å². The van der Waals surface area contributed by atoms with Crippen LogP contribution >= 0.6 is 0 Å². The van der Waals surface area contributed by atoms with Gasteiger partial charge in [0.15, 0.2) is 0 Å². The van der Waals surface area contributed by atoms with E-state index in [1.165, 1.54) is 0 Å². The van der Waals surface area contributed by atoms with Gasteiger partial charge in [-0.15, -0.1) is 0 Å². The number of H-pyrrole nitrogens is 2. The Bertz CT molecular complexity index is 2190. The second kappa shape index (κ2) is 12.7. The van der Waals surface area contributed by atoms with Crippen LogP contribution in [0, 0.1) is 0 Å². The van der Waals surface area contributed by atoms with Gasteiger partial charge >= 0.3 is 0 Å². The van der Waals surface area contributed by atoms with Gasteiger partial charge in [-0.3, -0.25) is 19.9 Å². The molecule has 2 aliphatic rings. The first kappa shape index (κ1) is 30.1. The van der Waals surface area contributed by atoms with E-state index < -0.39 is 0 Å². The van der Waals surface area contributed by atoms with E-state index in [1.807, 2.05) is 97.1 Å². The van der Waals surface area contributed by atoms with Crippen molar-refractivity contribution in [3.63, 3.8) is 0 Å². The summed E-state index contributed by atoms with van der Waals surface area (Å²) in [4.78, 5) is 36.9. The van der Waals surface area contributed by atoms with E-state index in [9.17, 15) is 0 Å². The van der Waals surface area contributed by atoms with Gasteiger partial charge in [0.2, 0.25) is 0 Å². The summed E-state index contributed by atoms with van der Waals surface area (Å²) in [6, 6.07) is 32.0. The summed E-state index contributed by atoms with van der Waals surface area (Å²) in [5, 5.41) is 0. The molecule has 1 radical (unpaired) electrons. The molecule has 8 bridgehead atoms. The van der Waals surface area contributed by atoms with Gasteiger partial charge < -0.3 is 9.97 Å². The summed E-state index contributed by atoms with van der Waals surface area (Å²) in [5.41, 5.74) is 13.4. The summed E-state index contributed by atoms with van der Waals surface area (Å²) in [6.07, 6.45) is 15.4. The molecule has 233 valence electrons. The van der Waals surface area contributed by atoms with Crippen LogP contribution < -0.4 is 0 Å². The van der Waals surface area contributed by atoms with E-state index in [0.29, 0.717) is 0 Å². The largest absolute Gasteiger partial charge is 0.354 e. The van der Waals surface area contributed by atoms with E-state index in [4.69, 9.17) is 29.9 Å². The summed E-state index contributed by atoms with van der Waals surface area (Å²) in [7, 11) is 0. The maximum atomic E-state index is 5.24. The number of nitrogens with one attached hydrogen (secondary N) is 2. The number of nitrogens with zero attached hydrogens (tertiary/aromatic N) is 6. The molecule has 0 aromatic carbocycles. The van der Waals surface area contributed by atoms with Gasteiger partial charge in [0.05, 0.1) is 67.6 Å². The van der Waals surface area contributed by atoms with Crippen molar-refractivity contribution in [2.24, 2.45) is 0 Å². The first-order chi connectivity index (χ1) is 23.8. The minimum atomic E-state index is 0. The van der Waals surface area contributed by atoms with Gasteiger partial charge in [0.1, 0.15) is 0 Å². The Morgan fingerprint density at radius 3 is 0.816 bits per heavy atom. The fourth-order valence-electron chi connectivity index (χ4n) is 6.33. The van der Waals surface area contributed by atoms with Crippen LogP contribution in [0.25, 0.3) is 91.4 Å². The van der Waals surface area contributed by atoms with Crippen LogP contribution in [0.5, 0.6) is 0 Å². The van der Waals surface area contributed by atoms with Gasteiger partial charge in [-0.1, -0.05) is 24.3 Å². The number of pyridine rings is 4. The second-order valence-electron chi connectivity index (χ2n) is 11.4. The number of hydrogen-bond acceptors (Lipinski definition) is 6. The Labute approximate surface area is 292 Å². The van der Waals surface area contributed by atoms with E-state index >= 15 is 0 Å². The van der Waals surface area contributed by atoms with Crippen molar-refractivity contribution in [1.82, 2.24) is 39.9 Å². The molecule has 0 aliphatic carbocycles. The quantitative estimate of drug-likeness (QED) is 0.181. The zero-order valence-electron chi connectivity index (χ0n) is 25.9. The molecule has 0 atom stereocenters. The van der Waals surface area contributed by atoms with Crippen molar-refractivity contribution in [3.8, 4) is 45.0 Å². The number of fused-ring (bicyclic) bond motifs is 8. The third-order valence-corrected chi connectivity index (χ3v) is 8.44. The third kappa shape index (κ3) is 5.47. The van der Waals surface area contributed by atoms with Gasteiger partial charge in [0, 0.05) is 64.1 Å². The van der Waals surface area contributed by atoms with Crippen molar-refractivity contribution in [1.29, 1.82) is 0 Å². The molecule has 9 heterocycles. The van der Waals surface area contributed by atoms with Crippen LogP contribution in [0.4, 0.5) is 0 Å².